The predicted octanol–water partition coefficient (Wildman–Crippen LogP) is 6.99. The Kier molecular flexibility index (Phi) is 7.26. The number of anilines is 1. The molecule has 0 fully saturated rings. The van der Waals surface area contributed by atoms with Crippen molar-refractivity contribution in [3.05, 3.63) is 86.4 Å². The summed E-state index contributed by atoms with van der Waals surface area (Å²) in [5.41, 5.74) is 6.35. The standard InChI is InChI=1S/C22H19Cl3N2O2/c1-14-6-8-16(11-20(14)25)27-26-12-15-7-9-21(22(10-15)28-2)29-13-17-18(23)4-3-5-19(17)24/h3-12,27H,13H2,1-2H3/b26-12+. The molecule has 29 heavy (non-hydrogen) atoms. The highest BCUT2D eigenvalue weighted by Crippen LogP contribution is 2.31. The number of aryl methyl sites for hydroxylation is 1. The van der Waals surface area contributed by atoms with Gasteiger partial charge in [0.05, 0.1) is 19.0 Å². The van der Waals surface area contributed by atoms with Gasteiger partial charge in [0.15, 0.2) is 11.5 Å². The van der Waals surface area contributed by atoms with Gasteiger partial charge in [0, 0.05) is 20.6 Å². The zero-order chi connectivity index (χ0) is 20.8. The lowest BCUT2D eigenvalue weighted by Gasteiger charge is -2.13. The monoisotopic (exact) mass is 448 g/mol. The molecule has 0 unspecified atom stereocenters. The normalized spacial score (nSPS) is 10.9. The highest BCUT2D eigenvalue weighted by atomic mass is 35.5. The Hall–Kier alpha value is -2.40. The van der Waals surface area contributed by atoms with Gasteiger partial charge in [0.25, 0.3) is 0 Å². The Bertz CT molecular complexity index is 1020. The third kappa shape index (κ3) is 5.57. The molecule has 3 aromatic rings. The summed E-state index contributed by atoms with van der Waals surface area (Å²) >= 11 is 18.5. The summed E-state index contributed by atoms with van der Waals surface area (Å²) < 4.78 is 11.3. The maximum atomic E-state index is 6.19. The number of ether oxygens (including phenoxy) is 2. The van der Waals surface area contributed by atoms with Gasteiger partial charge >= 0.3 is 0 Å². The molecule has 0 amide bonds. The van der Waals surface area contributed by atoms with Crippen molar-refractivity contribution < 1.29 is 9.47 Å². The highest BCUT2D eigenvalue weighted by molar-refractivity contribution is 6.36. The van der Waals surface area contributed by atoms with E-state index in [1.807, 2.05) is 43.3 Å². The number of nitrogens with one attached hydrogen (secondary N) is 1. The SMILES string of the molecule is COc1cc(/C=N/Nc2ccc(C)c(Cl)c2)ccc1OCc1c(Cl)cccc1Cl. The average Bonchev–Trinajstić information content (AvgIpc) is 2.71. The molecule has 0 heterocycles. The summed E-state index contributed by atoms with van der Waals surface area (Å²) in [6.07, 6.45) is 1.69. The van der Waals surface area contributed by atoms with Crippen molar-refractivity contribution in [2.45, 2.75) is 13.5 Å². The Balaban J connectivity index is 1.68. The smallest absolute Gasteiger partial charge is 0.161 e. The van der Waals surface area contributed by atoms with Gasteiger partial charge in [0.2, 0.25) is 0 Å². The number of benzene rings is 3. The number of hydrogen-bond acceptors (Lipinski definition) is 4. The molecule has 0 aliphatic rings. The molecule has 1 N–H and O–H groups in total. The largest absolute Gasteiger partial charge is 0.493 e. The van der Waals surface area contributed by atoms with E-state index in [9.17, 15) is 0 Å². The molecule has 0 saturated heterocycles. The van der Waals surface area contributed by atoms with Crippen molar-refractivity contribution in [1.29, 1.82) is 0 Å². The lowest BCUT2D eigenvalue weighted by atomic mass is 10.2. The fraction of sp³-hybridized carbons (Fsp3) is 0.136. The second-order valence-electron chi connectivity index (χ2n) is 6.23. The molecule has 4 nitrogen and oxygen atoms in total. The van der Waals surface area contributed by atoms with Gasteiger partial charge in [0.1, 0.15) is 6.61 Å². The van der Waals surface area contributed by atoms with E-state index in [1.54, 1.807) is 31.5 Å². The van der Waals surface area contributed by atoms with Crippen molar-refractivity contribution in [3.63, 3.8) is 0 Å². The Morgan fingerprint density at radius 1 is 0.931 bits per heavy atom. The first kappa shape index (κ1) is 21.3. The third-order valence-electron chi connectivity index (χ3n) is 4.20. The summed E-state index contributed by atoms with van der Waals surface area (Å²) in [6.45, 7) is 2.18. The molecule has 7 heteroatoms. The van der Waals surface area contributed by atoms with Crippen LogP contribution in [0.1, 0.15) is 16.7 Å². The van der Waals surface area contributed by atoms with Crippen molar-refractivity contribution in [1.82, 2.24) is 0 Å². The minimum Gasteiger partial charge on any atom is -0.493 e. The molecule has 0 atom stereocenters. The van der Waals surface area contributed by atoms with E-state index < -0.39 is 0 Å². The second-order valence-corrected chi connectivity index (χ2v) is 7.45. The van der Waals surface area contributed by atoms with E-state index in [2.05, 4.69) is 10.5 Å². The van der Waals surface area contributed by atoms with E-state index in [0.29, 0.717) is 26.6 Å². The third-order valence-corrected chi connectivity index (χ3v) is 5.32. The van der Waals surface area contributed by atoms with E-state index in [0.717, 1.165) is 22.4 Å². The average molecular weight is 450 g/mol. The first-order chi connectivity index (χ1) is 14.0. The van der Waals surface area contributed by atoms with Crippen LogP contribution in [0.5, 0.6) is 11.5 Å². The minimum atomic E-state index is 0.234. The summed E-state index contributed by atoms with van der Waals surface area (Å²) in [6, 6.07) is 16.5. The predicted molar refractivity (Wildman–Crippen MR) is 121 cm³/mol. The van der Waals surface area contributed by atoms with Crippen LogP contribution in [0.3, 0.4) is 0 Å². The lowest BCUT2D eigenvalue weighted by Crippen LogP contribution is -2.00. The fourth-order valence-electron chi connectivity index (χ4n) is 2.55. The van der Waals surface area contributed by atoms with Crippen molar-refractivity contribution in [3.8, 4) is 11.5 Å². The van der Waals surface area contributed by atoms with Crippen LogP contribution in [-0.4, -0.2) is 13.3 Å². The van der Waals surface area contributed by atoms with Crippen molar-refractivity contribution in [2.75, 3.05) is 12.5 Å². The van der Waals surface area contributed by atoms with Gasteiger partial charge in [-0.05, 0) is 60.5 Å². The van der Waals surface area contributed by atoms with Crippen LogP contribution < -0.4 is 14.9 Å². The molecule has 0 bridgehead atoms. The molecule has 0 aliphatic heterocycles. The Morgan fingerprint density at radius 2 is 1.69 bits per heavy atom. The van der Waals surface area contributed by atoms with Gasteiger partial charge in [-0.3, -0.25) is 5.43 Å². The first-order valence-corrected chi connectivity index (χ1v) is 9.90. The molecule has 0 radical (unpaired) electrons. The van der Waals surface area contributed by atoms with Crippen molar-refractivity contribution >= 4 is 46.7 Å². The maximum absolute atomic E-state index is 6.19. The first-order valence-electron chi connectivity index (χ1n) is 8.77. The molecule has 3 aromatic carbocycles. The number of hydrogen-bond donors (Lipinski definition) is 1. The second kappa shape index (κ2) is 9.88. The Morgan fingerprint density at radius 3 is 2.38 bits per heavy atom. The molecule has 0 aliphatic carbocycles. The maximum Gasteiger partial charge on any atom is 0.161 e. The number of hydrazone groups is 1. The number of methoxy groups -OCH3 is 1. The minimum absolute atomic E-state index is 0.234. The summed E-state index contributed by atoms with van der Waals surface area (Å²) in [5, 5.41) is 6.04. The fourth-order valence-corrected chi connectivity index (χ4v) is 3.23. The molecule has 3 rings (SSSR count). The van der Waals surface area contributed by atoms with Crippen LogP contribution in [0.4, 0.5) is 5.69 Å². The van der Waals surface area contributed by atoms with Crippen LogP contribution >= 0.6 is 34.8 Å². The number of halogens is 3. The van der Waals surface area contributed by atoms with Crippen LogP contribution in [0.15, 0.2) is 59.7 Å². The van der Waals surface area contributed by atoms with Gasteiger partial charge in [-0.1, -0.05) is 46.9 Å². The van der Waals surface area contributed by atoms with Gasteiger partial charge in [-0.15, -0.1) is 0 Å². The zero-order valence-electron chi connectivity index (χ0n) is 15.9. The summed E-state index contributed by atoms with van der Waals surface area (Å²) in [4.78, 5) is 0. The quantitative estimate of drug-likeness (QED) is 0.312. The molecule has 0 aromatic heterocycles. The lowest BCUT2D eigenvalue weighted by molar-refractivity contribution is 0.284. The van der Waals surface area contributed by atoms with E-state index >= 15 is 0 Å². The van der Waals surface area contributed by atoms with Crippen LogP contribution in [0, 0.1) is 6.92 Å². The van der Waals surface area contributed by atoms with Gasteiger partial charge in [-0.2, -0.15) is 5.10 Å². The summed E-state index contributed by atoms with van der Waals surface area (Å²) in [7, 11) is 1.58. The van der Waals surface area contributed by atoms with Gasteiger partial charge < -0.3 is 9.47 Å². The molecule has 0 saturated carbocycles. The molecular weight excluding hydrogens is 431 g/mol. The zero-order valence-corrected chi connectivity index (χ0v) is 18.1. The van der Waals surface area contributed by atoms with Crippen LogP contribution in [0.2, 0.25) is 15.1 Å². The van der Waals surface area contributed by atoms with E-state index in [4.69, 9.17) is 44.3 Å². The van der Waals surface area contributed by atoms with Gasteiger partial charge in [-0.25, -0.2) is 0 Å². The topological polar surface area (TPSA) is 42.8 Å². The van der Waals surface area contributed by atoms with Crippen LogP contribution in [-0.2, 0) is 6.61 Å². The van der Waals surface area contributed by atoms with E-state index in [-0.39, 0.29) is 6.61 Å². The van der Waals surface area contributed by atoms with Crippen molar-refractivity contribution in [2.24, 2.45) is 5.10 Å². The summed E-state index contributed by atoms with van der Waals surface area (Å²) in [5.74, 6) is 1.16. The van der Waals surface area contributed by atoms with E-state index in [1.165, 1.54) is 0 Å². The molecular formula is C22H19Cl3N2O2. The molecule has 0 spiro atoms. The highest BCUT2D eigenvalue weighted by Gasteiger charge is 2.10. The molecule has 150 valence electrons. The number of rotatable bonds is 7. The van der Waals surface area contributed by atoms with Crippen LogP contribution in [0.25, 0.3) is 0 Å². The Labute approximate surface area is 185 Å². The number of nitrogens with zero attached hydrogens (tertiary/aromatic N) is 1.